The third-order valence-electron chi connectivity index (χ3n) is 18.6. The number of fused-ring (bicyclic) bond motifs is 3. The van der Waals surface area contributed by atoms with Gasteiger partial charge in [-0.05, 0) is 109 Å². The van der Waals surface area contributed by atoms with E-state index in [1.165, 1.54) is 20.3 Å². The van der Waals surface area contributed by atoms with Crippen LogP contribution in [0, 0.1) is 35.1 Å². The Morgan fingerprint density at radius 3 is 1.25 bits per heavy atom. The van der Waals surface area contributed by atoms with E-state index >= 15 is 0 Å². The van der Waals surface area contributed by atoms with Crippen molar-refractivity contribution in [2.45, 2.75) is 91.2 Å². The summed E-state index contributed by atoms with van der Waals surface area (Å²) >= 11 is 6.36. The van der Waals surface area contributed by atoms with Gasteiger partial charge in [0, 0.05) is 166 Å². The van der Waals surface area contributed by atoms with Gasteiger partial charge in [-0.25, -0.2) is 69.6 Å². The topological polar surface area (TPSA) is 283 Å². The monoisotopic (exact) mass is 1650 g/mol. The van der Waals surface area contributed by atoms with Gasteiger partial charge in [-0.15, -0.1) is 0 Å². The number of aromatic amines is 1. The third kappa shape index (κ3) is 15.6. The van der Waals surface area contributed by atoms with E-state index in [-0.39, 0.29) is 71.3 Å². The van der Waals surface area contributed by atoms with Crippen molar-refractivity contribution in [1.29, 1.82) is 0 Å². The molecule has 3 fully saturated rings. The van der Waals surface area contributed by atoms with Crippen molar-refractivity contribution in [3.63, 3.8) is 0 Å². The molecule has 11 aromatic heterocycles. The summed E-state index contributed by atoms with van der Waals surface area (Å²) < 4.78 is 76.4. The first-order valence-corrected chi connectivity index (χ1v) is 36.3. The Hall–Kier alpha value is -9.67. The van der Waals surface area contributed by atoms with Crippen molar-refractivity contribution in [3.05, 3.63) is 188 Å². The van der Waals surface area contributed by atoms with E-state index in [1.54, 1.807) is 97.6 Å². The number of ether oxygens (including phenoxy) is 3. The number of morpholine rings is 3. The zero-order chi connectivity index (χ0) is 70.4. The molecule has 2 aromatic carbocycles. The van der Waals surface area contributed by atoms with Crippen molar-refractivity contribution in [3.8, 4) is 56.7 Å². The van der Waals surface area contributed by atoms with Crippen LogP contribution >= 0.6 is 11.6 Å². The molecule has 3 aliphatic rings. The number of nitrogens with one attached hydrogen (secondary N) is 1. The van der Waals surface area contributed by atoms with Crippen molar-refractivity contribution < 1.29 is 52.1 Å². The number of aromatic nitrogens is 16. The molecular formula is C75H85ClN19O7S2W-. The largest absolute Gasteiger partial charge is 0.377 e. The van der Waals surface area contributed by atoms with E-state index in [9.17, 15) is 16.8 Å². The molecule has 1 N–H and O–H groups in total. The average Bonchev–Trinajstić information content (AvgIpc) is 1.65. The molecule has 26 nitrogen and oxygen atoms in total. The zero-order valence-corrected chi connectivity index (χ0v) is 63.9. The molecule has 3 aliphatic heterocycles. The standard InChI is InChI=1S/C28H29N7O3S.C23H22ClN5O3S.C21H23N7O.2CH4.CH3.W/c1-18-5-7-21(8-6-18)39(36,37)35-12-10-23-22(9-11-29-28(23)35)27-31-25(24-16-30-33(4)20(24)3)15-26(32-27)34-13-14-38-17-19(34)2;1-15-3-5-17(6-4-15)33(30,31)29-10-8-19-18(7-9-25-23(19)29)22-26-20(24)13-21(27-22)28-11-12-32-14-16(28)2;1-13-12-29-9-8-28(13)19-10-18(17-11-24-27(3)14(17)2)25-21(26-19)16-5-7-23-20-15(16)4-6-22-20;;;;/h5-12,15-16,19H,13-14,17H2,1-4H3;3-10,13,16H,11-12,14H2,1-2H3;4-7,10-11,13H,8-9,12H2,1-3H3,(H,22,23);2*1H4;1H3;/q;;;;;-1;/t19-;16-;13-;;;;/m111..../s1. The number of rotatable bonds is 12. The fourth-order valence-corrected chi connectivity index (χ4v) is 15.4. The summed E-state index contributed by atoms with van der Waals surface area (Å²) in [6, 6.07) is 30.9. The molecule has 548 valence electrons. The molecule has 3 atom stereocenters. The van der Waals surface area contributed by atoms with Crippen LogP contribution in [0.15, 0.2) is 162 Å². The molecule has 30 heteroatoms. The van der Waals surface area contributed by atoms with Crippen LogP contribution in [0.5, 0.6) is 0 Å². The van der Waals surface area contributed by atoms with Crippen molar-refractivity contribution >= 4 is 82.2 Å². The van der Waals surface area contributed by atoms with Gasteiger partial charge in [-0.3, -0.25) is 9.36 Å². The van der Waals surface area contributed by atoms with Crippen LogP contribution in [0.1, 0.15) is 58.1 Å². The number of H-pyrrole nitrogens is 1. The molecule has 0 radical (unpaired) electrons. The Morgan fingerprint density at radius 1 is 0.476 bits per heavy atom. The van der Waals surface area contributed by atoms with Gasteiger partial charge in [-0.1, -0.05) is 61.8 Å². The van der Waals surface area contributed by atoms with Gasteiger partial charge in [0.2, 0.25) is 0 Å². The third-order valence-corrected chi connectivity index (χ3v) is 22.1. The van der Waals surface area contributed by atoms with E-state index < -0.39 is 20.0 Å². The number of benzene rings is 2. The van der Waals surface area contributed by atoms with Crippen LogP contribution in [-0.4, -0.2) is 172 Å². The minimum absolute atomic E-state index is 0. The van der Waals surface area contributed by atoms with Crippen LogP contribution in [-0.2, 0) is 69.4 Å². The Kier molecular flexibility index (Phi) is 24.0. The first-order chi connectivity index (χ1) is 48.7. The van der Waals surface area contributed by atoms with Crippen molar-refractivity contribution in [2.24, 2.45) is 14.1 Å². The fourth-order valence-electron chi connectivity index (χ4n) is 12.7. The Balaban J connectivity index is 0.000000167. The molecule has 0 aliphatic carbocycles. The Labute approximate surface area is 631 Å². The van der Waals surface area contributed by atoms with Crippen molar-refractivity contribution in [1.82, 2.24) is 77.3 Å². The van der Waals surface area contributed by atoms with Crippen LogP contribution in [0.3, 0.4) is 0 Å². The second kappa shape index (κ2) is 32.4. The molecule has 0 amide bonds. The molecule has 0 saturated carbocycles. The van der Waals surface area contributed by atoms with E-state index in [0.29, 0.717) is 114 Å². The number of pyridine rings is 3. The summed E-state index contributed by atoms with van der Waals surface area (Å²) in [4.78, 5) is 52.4. The van der Waals surface area contributed by atoms with Gasteiger partial charge in [0.1, 0.15) is 28.3 Å². The summed E-state index contributed by atoms with van der Waals surface area (Å²) in [6.45, 7) is 20.3. The van der Waals surface area contributed by atoms with Crippen LogP contribution in [0.2, 0.25) is 5.15 Å². The number of anilines is 3. The SMILES string of the molecule is C.C.Cc1c(-c2cc(N3CCOC[C@H]3C)nc(-c3ccnc4[nH]ccc34)n2)cnn1C.Cc1ccc(S(=O)(=O)n2ccc3c(-c4nc(-c5cnn(C)c5C)cc(N5CCOC[C@H]5C)n4)ccnc32)cc1.Cc1ccc(S(=O)(=O)n2ccc3c(-c4nc(Cl)cc(N5CCOC[C@H]5C)n4)ccnc32)cc1.[CH3-].[W]. The molecule has 13 aromatic rings. The quantitative estimate of drug-likeness (QED) is 0.0878. The molecule has 0 unspecified atom stereocenters. The van der Waals surface area contributed by atoms with Gasteiger partial charge in [0.05, 0.1) is 91.3 Å². The molecular weight excluding hydrogens is 1560 g/mol. The molecule has 105 heavy (non-hydrogen) atoms. The summed E-state index contributed by atoms with van der Waals surface area (Å²) in [7, 11) is -3.82. The summed E-state index contributed by atoms with van der Waals surface area (Å²) in [5.74, 6) is 3.98. The van der Waals surface area contributed by atoms with Gasteiger partial charge < -0.3 is 41.3 Å². The van der Waals surface area contributed by atoms with Gasteiger partial charge in [0.25, 0.3) is 20.0 Å². The van der Waals surface area contributed by atoms with E-state index in [2.05, 4.69) is 83.6 Å². The Morgan fingerprint density at radius 2 is 0.857 bits per heavy atom. The summed E-state index contributed by atoms with van der Waals surface area (Å²) in [5.41, 5.74) is 11.3. The van der Waals surface area contributed by atoms with E-state index in [1.807, 2.05) is 80.9 Å². The maximum Gasteiger partial charge on any atom is 0.269 e. The molecule has 14 heterocycles. The molecule has 16 rings (SSSR count). The summed E-state index contributed by atoms with van der Waals surface area (Å²) in [5, 5.41) is 11.4. The number of halogens is 1. The number of hydrogen-bond donors (Lipinski definition) is 1. The van der Waals surface area contributed by atoms with E-state index in [0.717, 1.165) is 79.8 Å². The van der Waals surface area contributed by atoms with Crippen molar-refractivity contribution in [2.75, 3.05) is 74.0 Å². The van der Waals surface area contributed by atoms with Crippen LogP contribution < -0.4 is 14.7 Å². The summed E-state index contributed by atoms with van der Waals surface area (Å²) in [6.07, 6.45) is 13.6. The zero-order valence-electron chi connectivity index (χ0n) is 58.5. The molecule has 3 saturated heterocycles. The second-order valence-electron chi connectivity index (χ2n) is 25.3. The predicted octanol–water partition coefficient (Wildman–Crippen LogP) is 12.6. The van der Waals surface area contributed by atoms with Crippen LogP contribution in [0.4, 0.5) is 17.5 Å². The number of nitrogens with zero attached hydrogens (tertiary/aromatic N) is 18. The molecule has 0 spiro atoms. The first-order valence-electron chi connectivity index (χ1n) is 33.0. The number of aryl methyl sites for hydroxylation is 4. The predicted molar refractivity (Wildman–Crippen MR) is 408 cm³/mol. The normalized spacial score (nSPS) is 16.1. The van der Waals surface area contributed by atoms with Gasteiger partial charge in [0.15, 0.2) is 28.8 Å². The smallest absolute Gasteiger partial charge is 0.269 e. The van der Waals surface area contributed by atoms with Gasteiger partial charge >= 0.3 is 0 Å². The van der Waals surface area contributed by atoms with E-state index in [4.69, 9.17) is 50.7 Å². The molecule has 0 bridgehead atoms. The minimum atomic E-state index is -3.84. The maximum atomic E-state index is 13.5. The maximum absolute atomic E-state index is 13.5. The van der Waals surface area contributed by atoms with Gasteiger partial charge in [-0.2, -0.15) is 10.2 Å². The second-order valence-corrected chi connectivity index (χ2v) is 29.3. The Bertz CT molecular complexity index is 5480. The minimum Gasteiger partial charge on any atom is -0.377 e. The number of hydrogen-bond acceptors (Lipinski definition) is 21. The average molecular weight is 1650 g/mol. The fraction of sp³-hybridized carbons (Fsp3) is 0.307. The van der Waals surface area contributed by atoms with Crippen LogP contribution in [0.25, 0.3) is 89.8 Å². The first kappa shape index (κ1) is 77.9.